The van der Waals surface area contributed by atoms with Gasteiger partial charge in [-0.1, -0.05) is 17.4 Å². The molecule has 1 atom stereocenters. The highest BCUT2D eigenvalue weighted by molar-refractivity contribution is 7.20. The van der Waals surface area contributed by atoms with Gasteiger partial charge in [0.25, 0.3) is 5.91 Å². The van der Waals surface area contributed by atoms with E-state index in [1.165, 1.54) is 11.3 Å². The summed E-state index contributed by atoms with van der Waals surface area (Å²) in [6.45, 7) is 4.48. The number of hydrogen-bond acceptors (Lipinski definition) is 5. The molecule has 0 fully saturated rings. The zero-order valence-electron chi connectivity index (χ0n) is 12.8. The van der Waals surface area contributed by atoms with Crippen LogP contribution in [0.2, 0.25) is 0 Å². The summed E-state index contributed by atoms with van der Waals surface area (Å²) in [6.07, 6.45) is 1.66. The molecule has 1 aliphatic heterocycles. The van der Waals surface area contributed by atoms with Crippen LogP contribution in [-0.2, 0) is 0 Å². The van der Waals surface area contributed by atoms with Crippen LogP contribution in [0.1, 0.15) is 22.3 Å². The summed E-state index contributed by atoms with van der Waals surface area (Å²) in [6, 6.07) is 9.57. The number of fused-ring (bicyclic) bond motifs is 2. The lowest BCUT2D eigenvalue weighted by atomic mass is 10.1. The fourth-order valence-corrected chi connectivity index (χ4v) is 3.57. The van der Waals surface area contributed by atoms with Crippen molar-refractivity contribution in [3.8, 4) is 5.75 Å². The van der Waals surface area contributed by atoms with E-state index in [1.54, 1.807) is 11.1 Å². The third kappa shape index (κ3) is 2.45. The molecule has 2 aromatic heterocycles. The molecule has 23 heavy (non-hydrogen) atoms. The van der Waals surface area contributed by atoms with E-state index in [1.807, 2.05) is 44.2 Å². The van der Waals surface area contributed by atoms with Gasteiger partial charge in [-0.25, -0.2) is 9.97 Å². The molecular formula is C17H15N3O2S. The van der Waals surface area contributed by atoms with Crippen molar-refractivity contribution in [2.75, 3.05) is 11.4 Å². The fraction of sp³-hybridized carbons (Fsp3) is 0.235. The highest BCUT2D eigenvalue weighted by Gasteiger charge is 2.30. The zero-order valence-corrected chi connectivity index (χ0v) is 13.6. The number of benzene rings is 1. The summed E-state index contributed by atoms with van der Waals surface area (Å²) >= 11 is 1.32. The monoisotopic (exact) mass is 325 g/mol. The van der Waals surface area contributed by atoms with E-state index in [4.69, 9.17) is 4.74 Å². The Morgan fingerprint density at radius 2 is 2.26 bits per heavy atom. The van der Waals surface area contributed by atoms with E-state index < -0.39 is 0 Å². The van der Waals surface area contributed by atoms with Crippen molar-refractivity contribution < 1.29 is 9.53 Å². The molecule has 6 heteroatoms. The van der Waals surface area contributed by atoms with Gasteiger partial charge in [-0.2, -0.15) is 0 Å². The molecule has 116 valence electrons. The van der Waals surface area contributed by atoms with Crippen molar-refractivity contribution in [2.24, 2.45) is 0 Å². The SMILES string of the molecule is Cc1ccc2c(c1)OC(C)CN2C(=O)c1nc2cccnc2s1. The highest BCUT2D eigenvalue weighted by atomic mass is 32.1. The van der Waals surface area contributed by atoms with Crippen LogP contribution in [0.15, 0.2) is 36.5 Å². The molecule has 5 nitrogen and oxygen atoms in total. The lowest BCUT2D eigenvalue weighted by Crippen LogP contribution is -2.42. The summed E-state index contributed by atoms with van der Waals surface area (Å²) in [5.41, 5.74) is 2.66. The number of thiazole rings is 1. The van der Waals surface area contributed by atoms with E-state index in [2.05, 4.69) is 9.97 Å². The van der Waals surface area contributed by atoms with Gasteiger partial charge in [-0.05, 0) is 43.7 Å². The van der Waals surface area contributed by atoms with E-state index in [0.717, 1.165) is 27.3 Å². The number of aromatic nitrogens is 2. The molecule has 0 radical (unpaired) electrons. The van der Waals surface area contributed by atoms with Gasteiger partial charge in [0.05, 0.1) is 12.2 Å². The van der Waals surface area contributed by atoms with Crippen LogP contribution in [0.3, 0.4) is 0 Å². The van der Waals surface area contributed by atoms with Crippen molar-refractivity contribution >= 4 is 33.3 Å². The molecule has 1 aromatic carbocycles. The summed E-state index contributed by atoms with van der Waals surface area (Å²) in [5.74, 6) is 0.643. The molecule has 0 aliphatic carbocycles. The van der Waals surface area contributed by atoms with Gasteiger partial charge in [0.1, 0.15) is 22.2 Å². The third-order valence-corrected chi connectivity index (χ3v) is 4.74. The Morgan fingerprint density at radius 1 is 1.39 bits per heavy atom. The first kappa shape index (κ1) is 14.1. The van der Waals surface area contributed by atoms with E-state index in [9.17, 15) is 4.79 Å². The maximum absolute atomic E-state index is 13.0. The zero-order chi connectivity index (χ0) is 16.0. The predicted molar refractivity (Wildman–Crippen MR) is 90.4 cm³/mol. The minimum atomic E-state index is -0.103. The van der Waals surface area contributed by atoms with E-state index >= 15 is 0 Å². The molecule has 0 N–H and O–H groups in total. The topological polar surface area (TPSA) is 55.3 Å². The molecule has 3 heterocycles. The Labute approximate surface area is 137 Å². The van der Waals surface area contributed by atoms with Crippen LogP contribution >= 0.6 is 11.3 Å². The molecule has 4 rings (SSSR count). The summed E-state index contributed by atoms with van der Waals surface area (Å²) in [7, 11) is 0. The fourth-order valence-electron chi connectivity index (χ4n) is 2.72. The Kier molecular flexibility index (Phi) is 3.27. The molecule has 1 amide bonds. The Morgan fingerprint density at radius 3 is 3.09 bits per heavy atom. The number of aryl methyl sites for hydroxylation is 1. The van der Waals surface area contributed by atoms with Crippen LogP contribution < -0.4 is 9.64 Å². The molecule has 0 saturated carbocycles. The number of carbonyl (C=O) groups excluding carboxylic acids is 1. The molecule has 0 spiro atoms. The smallest absolute Gasteiger partial charge is 0.287 e. The van der Waals surface area contributed by atoms with Crippen LogP contribution in [-0.4, -0.2) is 28.5 Å². The summed E-state index contributed by atoms with van der Waals surface area (Å²) < 4.78 is 5.86. The van der Waals surface area contributed by atoms with Gasteiger partial charge < -0.3 is 4.74 Å². The quantitative estimate of drug-likeness (QED) is 0.688. The number of ether oxygens (including phenoxy) is 1. The maximum Gasteiger partial charge on any atom is 0.287 e. The standard InChI is InChI=1S/C17H15N3O2S/c1-10-5-6-13-14(8-10)22-11(2)9-20(13)17(21)16-19-12-4-3-7-18-15(12)23-16/h3-8,11H,9H2,1-2H3. The first-order chi connectivity index (χ1) is 11.1. The van der Waals surface area contributed by atoms with Crippen molar-refractivity contribution in [1.82, 2.24) is 9.97 Å². The number of anilines is 1. The highest BCUT2D eigenvalue weighted by Crippen LogP contribution is 2.35. The molecule has 1 aliphatic rings. The number of pyridine rings is 1. The third-order valence-electron chi connectivity index (χ3n) is 3.77. The van der Waals surface area contributed by atoms with Crippen molar-refractivity contribution in [3.05, 3.63) is 47.1 Å². The second-order valence-corrected chi connectivity index (χ2v) is 6.64. The number of rotatable bonds is 1. The lowest BCUT2D eigenvalue weighted by molar-refractivity contribution is 0.0961. The average molecular weight is 325 g/mol. The number of carbonyl (C=O) groups is 1. The number of nitrogens with zero attached hydrogens (tertiary/aromatic N) is 3. The van der Waals surface area contributed by atoms with Crippen LogP contribution in [0.4, 0.5) is 5.69 Å². The normalized spacial score (nSPS) is 17.0. The second kappa shape index (κ2) is 5.31. The minimum absolute atomic E-state index is 0.0549. The van der Waals surface area contributed by atoms with Crippen molar-refractivity contribution in [1.29, 1.82) is 0 Å². The van der Waals surface area contributed by atoms with Gasteiger partial charge >= 0.3 is 0 Å². The van der Waals surface area contributed by atoms with Gasteiger partial charge in [0.15, 0.2) is 5.01 Å². The number of hydrogen-bond donors (Lipinski definition) is 0. The second-order valence-electron chi connectivity index (χ2n) is 5.66. The van der Waals surface area contributed by atoms with Crippen molar-refractivity contribution in [2.45, 2.75) is 20.0 Å². The van der Waals surface area contributed by atoms with Gasteiger partial charge in [0.2, 0.25) is 0 Å². The summed E-state index contributed by atoms with van der Waals surface area (Å²) in [4.78, 5) is 24.2. The molecule has 0 saturated heterocycles. The molecule has 3 aromatic rings. The van der Waals surface area contributed by atoms with Crippen LogP contribution in [0.25, 0.3) is 10.3 Å². The molecule has 1 unspecified atom stereocenters. The first-order valence-corrected chi connectivity index (χ1v) is 8.24. The maximum atomic E-state index is 13.0. The van der Waals surface area contributed by atoms with E-state index in [0.29, 0.717) is 11.6 Å². The Hall–Kier alpha value is -2.47. The first-order valence-electron chi connectivity index (χ1n) is 7.42. The average Bonchev–Trinajstić information content (AvgIpc) is 2.97. The Bertz CT molecular complexity index is 873. The lowest BCUT2D eigenvalue weighted by Gasteiger charge is -2.33. The van der Waals surface area contributed by atoms with E-state index in [-0.39, 0.29) is 12.0 Å². The largest absolute Gasteiger partial charge is 0.487 e. The summed E-state index contributed by atoms with van der Waals surface area (Å²) in [5, 5.41) is 0.458. The Balaban J connectivity index is 1.76. The van der Waals surface area contributed by atoms with Gasteiger partial charge in [-0.15, -0.1) is 0 Å². The molecular weight excluding hydrogens is 310 g/mol. The van der Waals surface area contributed by atoms with Crippen LogP contribution in [0.5, 0.6) is 5.75 Å². The van der Waals surface area contributed by atoms with Gasteiger partial charge in [0, 0.05) is 6.20 Å². The predicted octanol–water partition coefficient (Wildman–Crippen LogP) is 3.43. The number of amides is 1. The van der Waals surface area contributed by atoms with Gasteiger partial charge in [-0.3, -0.25) is 9.69 Å². The van der Waals surface area contributed by atoms with Crippen LogP contribution in [0, 0.1) is 6.92 Å². The minimum Gasteiger partial charge on any atom is -0.487 e. The molecule has 0 bridgehead atoms. The van der Waals surface area contributed by atoms with Crippen molar-refractivity contribution in [3.63, 3.8) is 0 Å².